The van der Waals surface area contributed by atoms with Crippen molar-refractivity contribution in [2.24, 2.45) is 0 Å². The SMILES string of the molecule is Cc1nc(-c2ccc(-c3noc(-c4cccc(NC(=O)c5ccco5)c4)n3)cc2)cs1. The molecule has 0 atom stereocenters. The first kappa shape index (κ1) is 19.0. The molecule has 3 heterocycles. The molecule has 1 N–H and O–H groups in total. The minimum Gasteiger partial charge on any atom is -0.459 e. The zero-order valence-corrected chi connectivity index (χ0v) is 17.2. The zero-order chi connectivity index (χ0) is 21.2. The van der Waals surface area contributed by atoms with Gasteiger partial charge in [-0.2, -0.15) is 4.98 Å². The molecule has 2 aromatic carbocycles. The van der Waals surface area contributed by atoms with Gasteiger partial charge in [0.1, 0.15) is 0 Å². The number of aryl methyl sites for hydroxylation is 1. The van der Waals surface area contributed by atoms with Crippen molar-refractivity contribution in [2.75, 3.05) is 5.32 Å². The number of benzene rings is 2. The van der Waals surface area contributed by atoms with E-state index in [0.717, 1.165) is 21.8 Å². The highest BCUT2D eigenvalue weighted by molar-refractivity contribution is 7.09. The van der Waals surface area contributed by atoms with Gasteiger partial charge < -0.3 is 14.3 Å². The van der Waals surface area contributed by atoms with Crippen molar-refractivity contribution < 1.29 is 13.7 Å². The number of nitrogens with zero attached hydrogens (tertiary/aromatic N) is 3. The van der Waals surface area contributed by atoms with Crippen LogP contribution < -0.4 is 5.32 Å². The van der Waals surface area contributed by atoms with E-state index in [0.29, 0.717) is 23.0 Å². The van der Waals surface area contributed by atoms with Gasteiger partial charge in [0.25, 0.3) is 11.8 Å². The number of anilines is 1. The van der Waals surface area contributed by atoms with Crippen molar-refractivity contribution in [1.82, 2.24) is 15.1 Å². The maximum atomic E-state index is 12.2. The van der Waals surface area contributed by atoms with Crippen molar-refractivity contribution in [3.05, 3.63) is 83.1 Å². The van der Waals surface area contributed by atoms with Crippen LogP contribution in [0.1, 0.15) is 15.6 Å². The van der Waals surface area contributed by atoms with Crippen LogP contribution in [0.15, 0.2) is 81.2 Å². The van der Waals surface area contributed by atoms with Crippen LogP contribution in [0, 0.1) is 6.92 Å². The average molecular weight is 428 g/mol. The monoisotopic (exact) mass is 428 g/mol. The van der Waals surface area contributed by atoms with Gasteiger partial charge in [0.15, 0.2) is 5.76 Å². The lowest BCUT2D eigenvalue weighted by Gasteiger charge is -2.04. The van der Waals surface area contributed by atoms with Gasteiger partial charge >= 0.3 is 0 Å². The predicted molar refractivity (Wildman–Crippen MR) is 118 cm³/mol. The van der Waals surface area contributed by atoms with Gasteiger partial charge in [-0.1, -0.05) is 35.5 Å². The highest BCUT2D eigenvalue weighted by atomic mass is 32.1. The Morgan fingerprint density at radius 2 is 1.81 bits per heavy atom. The quantitative estimate of drug-likeness (QED) is 0.387. The average Bonchev–Trinajstić information content (AvgIpc) is 3.56. The van der Waals surface area contributed by atoms with Crippen LogP contribution in [0.3, 0.4) is 0 Å². The maximum Gasteiger partial charge on any atom is 0.291 e. The van der Waals surface area contributed by atoms with Crippen LogP contribution in [0.25, 0.3) is 34.1 Å². The Morgan fingerprint density at radius 1 is 0.968 bits per heavy atom. The molecule has 5 rings (SSSR count). The van der Waals surface area contributed by atoms with Gasteiger partial charge in [0.2, 0.25) is 5.82 Å². The molecule has 0 fully saturated rings. The predicted octanol–water partition coefficient (Wildman–Crippen LogP) is 5.68. The Labute approximate surface area is 181 Å². The minimum atomic E-state index is -0.330. The van der Waals surface area contributed by atoms with Gasteiger partial charge in [0, 0.05) is 27.8 Å². The lowest BCUT2D eigenvalue weighted by atomic mass is 10.1. The molecule has 0 aliphatic carbocycles. The van der Waals surface area contributed by atoms with E-state index < -0.39 is 0 Å². The van der Waals surface area contributed by atoms with Gasteiger partial charge in [-0.05, 0) is 37.3 Å². The molecule has 0 saturated heterocycles. The minimum absolute atomic E-state index is 0.238. The summed E-state index contributed by atoms with van der Waals surface area (Å²) in [7, 11) is 0. The standard InChI is InChI=1S/C23H16N4O3S/c1-14-24-19(13-31-14)15-7-9-16(10-8-15)21-26-23(30-27-21)17-4-2-5-18(12-17)25-22(28)20-6-3-11-29-20/h2-13H,1H3,(H,25,28). The summed E-state index contributed by atoms with van der Waals surface area (Å²) in [5.74, 6) is 0.759. The smallest absolute Gasteiger partial charge is 0.291 e. The van der Waals surface area contributed by atoms with Crippen molar-refractivity contribution in [3.8, 4) is 34.1 Å². The van der Waals surface area contributed by atoms with Crippen LogP contribution in [0.5, 0.6) is 0 Å². The maximum absolute atomic E-state index is 12.2. The molecule has 152 valence electrons. The molecule has 3 aromatic heterocycles. The molecular formula is C23H16N4O3S. The number of furan rings is 1. The normalized spacial score (nSPS) is 10.9. The summed E-state index contributed by atoms with van der Waals surface area (Å²) in [6.45, 7) is 1.99. The highest BCUT2D eigenvalue weighted by Crippen LogP contribution is 2.27. The van der Waals surface area contributed by atoms with E-state index >= 15 is 0 Å². The summed E-state index contributed by atoms with van der Waals surface area (Å²) in [5.41, 5.74) is 4.13. The summed E-state index contributed by atoms with van der Waals surface area (Å²) >= 11 is 1.62. The topological polar surface area (TPSA) is 94.1 Å². The summed E-state index contributed by atoms with van der Waals surface area (Å²) in [6, 6.07) is 18.3. The fourth-order valence-electron chi connectivity index (χ4n) is 3.07. The molecule has 7 nitrogen and oxygen atoms in total. The highest BCUT2D eigenvalue weighted by Gasteiger charge is 2.13. The molecule has 0 spiro atoms. The van der Waals surface area contributed by atoms with Crippen LogP contribution >= 0.6 is 11.3 Å². The van der Waals surface area contributed by atoms with E-state index in [1.165, 1.54) is 6.26 Å². The molecule has 0 aliphatic heterocycles. The number of carbonyl (C=O) groups is 1. The summed E-state index contributed by atoms with van der Waals surface area (Å²) < 4.78 is 10.6. The zero-order valence-electron chi connectivity index (χ0n) is 16.4. The summed E-state index contributed by atoms with van der Waals surface area (Å²) in [6.07, 6.45) is 1.45. The second kappa shape index (κ2) is 8.00. The number of hydrogen-bond donors (Lipinski definition) is 1. The number of nitrogens with one attached hydrogen (secondary N) is 1. The lowest BCUT2D eigenvalue weighted by molar-refractivity contribution is 0.0996. The molecule has 1 amide bonds. The van der Waals surface area contributed by atoms with Crippen molar-refractivity contribution in [3.63, 3.8) is 0 Å². The van der Waals surface area contributed by atoms with Crippen LogP contribution in [-0.4, -0.2) is 21.0 Å². The second-order valence-corrected chi connectivity index (χ2v) is 7.83. The first-order valence-corrected chi connectivity index (χ1v) is 10.4. The molecule has 8 heteroatoms. The molecule has 0 bridgehead atoms. The molecule has 0 aliphatic rings. The molecule has 0 saturated carbocycles. The van der Waals surface area contributed by atoms with Crippen LogP contribution in [-0.2, 0) is 0 Å². The number of carbonyl (C=O) groups excluding carboxylic acids is 1. The number of thiazole rings is 1. The third-order valence-corrected chi connectivity index (χ3v) is 5.37. The van der Waals surface area contributed by atoms with E-state index in [9.17, 15) is 4.79 Å². The summed E-state index contributed by atoms with van der Waals surface area (Å²) in [5, 5.41) is 9.96. The Hall–Kier alpha value is -4.04. The molecule has 0 radical (unpaired) electrons. The number of rotatable bonds is 5. The van der Waals surface area contributed by atoms with E-state index in [2.05, 4.69) is 20.4 Å². The number of hydrogen-bond acceptors (Lipinski definition) is 7. The Bertz CT molecular complexity index is 1340. The number of aromatic nitrogens is 3. The van der Waals surface area contributed by atoms with Crippen molar-refractivity contribution in [2.45, 2.75) is 6.92 Å². The Morgan fingerprint density at radius 3 is 2.55 bits per heavy atom. The Balaban J connectivity index is 1.35. The molecule has 0 unspecified atom stereocenters. The van der Waals surface area contributed by atoms with Crippen LogP contribution in [0.2, 0.25) is 0 Å². The van der Waals surface area contributed by atoms with E-state index in [1.807, 2.05) is 48.7 Å². The third-order valence-electron chi connectivity index (χ3n) is 4.60. The van der Waals surface area contributed by atoms with E-state index in [4.69, 9.17) is 8.94 Å². The fraction of sp³-hybridized carbons (Fsp3) is 0.0435. The lowest BCUT2D eigenvalue weighted by Crippen LogP contribution is -2.10. The first-order chi connectivity index (χ1) is 15.2. The third kappa shape index (κ3) is 4.01. The van der Waals surface area contributed by atoms with Gasteiger partial charge in [-0.25, -0.2) is 4.98 Å². The largest absolute Gasteiger partial charge is 0.459 e. The van der Waals surface area contributed by atoms with E-state index in [1.54, 1.807) is 35.6 Å². The van der Waals surface area contributed by atoms with Gasteiger partial charge in [-0.15, -0.1) is 11.3 Å². The van der Waals surface area contributed by atoms with Gasteiger partial charge in [-0.3, -0.25) is 4.79 Å². The van der Waals surface area contributed by atoms with E-state index in [-0.39, 0.29) is 11.7 Å². The molecular weight excluding hydrogens is 412 g/mol. The second-order valence-electron chi connectivity index (χ2n) is 6.76. The van der Waals surface area contributed by atoms with Crippen molar-refractivity contribution >= 4 is 22.9 Å². The summed E-state index contributed by atoms with van der Waals surface area (Å²) in [4.78, 5) is 21.2. The van der Waals surface area contributed by atoms with Crippen LogP contribution in [0.4, 0.5) is 5.69 Å². The fourth-order valence-corrected chi connectivity index (χ4v) is 3.70. The Kier molecular flexibility index (Phi) is 4.89. The van der Waals surface area contributed by atoms with Gasteiger partial charge in [0.05, 0.1) is 17.0 Å². The first-order valence-electron chi connectivity index (χ1n) is 9.48. The molecule has 5 aromatic rings. The van der Waals surface area contributed by atoms with Crippen molar-refractivity contribution in [1.29, 1.82) is 0 Å². The molecule has 31 heavy (non-hydrogen) atoms. The number of amides is 1.